The first-order valence-electron chi connectivity index (χ1n) is 5.69. The number of aliphatic hydroxyl groups excluding tert-OH is 1. The highest BCUT2D eigenvalue weighted by Crippen LogP contribution is 2.29. The van der Waals surface area contributed by atoms with Gasteiger partial charge in [-0.1, -0.05) is 27.2 Å². The molecule has 3 nitrogen and oxygen atoms in total. The van der Waals surface area contributed by atoms with Crippen LogP contribution in [0.3, 0.4) is 0 Å². The second kappa shape index (κ2) is 6.11. The fraction of sp³-hybridized carbons (Fsp3) is 0.917. The zero-order valence-electron chi connectivity index (χ0n) is 10.4. The predicted molar refractivity (Wildman–Crippen MR) is 62.3 cm³/mol. The number of hydrogen-bond acceptors (Lipinski definition) is 2. The number of carbonyl (C=O) groups is 1. The van der Waals surface area contributed by atoms with E-state index in [9.17, 15) is 9.90 Å². The van der Waals surface area contributed by atoms with Gasteiger partial charge in [0.25, 0.3) is 0 Å². The summed E-state index contributed by atoms with van der Waals surface area (Å²) in [5.41, 5.74) is 5.17. The Morgan fingerprint density at radius 1 is 1.40 bits per heavy atom. The maximum Gasteiger partial charge on any atom is 0.217 e. The van der Waals surface area contributed by atoms with Crippen LogP contribution in [0.4, 0.5) is 0 Å². The summed E-state index contributed by atoms with van der Waals surface area (Å²) in [6, 6.07) is 0. The lowest BCUT2D eigenvalue weighted by atomic mass is 9.81. The van der Waals surface area contributed by atoms with Crippen LogP contribution in [0, 0.1) is 11.3 Å². The summed E-state index contributed by atoms with van der Waals surface area (Å²) in [7, 11) is 0. The van der Waals surface area contributed by atoms with E-state index in [1.807, 2.05) is 6.92 Å². The minimum Gasteiger partial charge on any atom is -0.393 e. The zero-order valence-corrected chi connectivity index (χ0v) is 10.4. The average molecular weight is 215 g/mol. The van der Waals surface area contributed by atoms with E-state index in [2.05, 4.69) is 20.8 Å². The van der Waals surface area contributed by atoms with Crippen molar-refractivity contribution < 1.29 is 9.90 Å². The SMILES string of the molecule is CC(O)CC(C)CCC(C)(C)CC(N)=O. The van der Waals surface area contributed by atoms with Crippen LogP contribution in [-0.4, -0.2) is 17.1 Å². The fourth-order valence-corrected chi connectivity index (χ4v) is 1.90. The molecule has 3 heteroatoms. The van der Waals surface area contributed by atoms with Crippen LogP contribution in [0.15, 0.2) is 0 Å². The molecular formula is C12H25NO2. The molecular weight excluding hydrogens is 190 g/mol. The van der Waals surface area contributed by atoms with Crippen LogP contribution in [-0.2, 0) is 4.79 Å². The summed E-state index contributed by atoms with van der Waals surface area (Å²) < 4.78 is 0. The summed E-state index contributed by atoms with van der Waals surface area (Å²) in [5, 5.41) is 9.22. The van der Waals surface area contributed by atoms with Crippen LogP contribution in [0.5, 0.6) is 0 Å². The number of carbonyl (C=O) groups excluding carboxylic acids is 1. The molecule has 3 N–H and O–H groups in total. The van der Waals surface area contributed by atoms with Crippen molar-refractivity contribution in [2.75, 3.05) is 0 Å². The highest BCUT2D eigenvalue weighted by molar-refractivity contribution is 5.74. The Labute approximate surface area is 93.0 Å². The quantitative estimate of drug-likeness (QED) is 0.683. The molecule has 0 spiro atoms. The monoisotopic (exact) mass is 215 g/mol. The standard InChI is InChI=1S/C12H25NO2/c1-9(7-10(2)14)5-6-12(3,4)8-11(13)15/h9-10,14H,5-8H2,1-4H3,(H2,13,15). The minimum atomic E-state index is -0.237. The summed E-state index contributed by atoms with van der Waals surface area (Å²) in [6.45, 7) is 8.07. The van der Waals surface area contributed by atoms with Crippen molar-refractivity contribution >= 4 is 5.91 Å². The summed E-state index contributed by atoms with van der Waals surface area (Å²) in [6.07, 6.45) is 3.04. The van der Waals surface area contributed by atoms with Crippen molar-refractivity contribution in [1.29, 1.82) is 0 Å². The number of hydrogen-bond donors (Lipinski definition) is 2. The van der Waals surface area contributed by atoms with Crippen molar-refractivity contribution in [2.24, 2.45) is 17.1 Å². The van der Waals surface area contributed by atoms with Gasteiger partial charge in [0.2, 0.25) is 5.91 Å². The van der Waals surface area contributed by atoms with E-state index in [0.717, 1.165) is 19.3 Å². The molecule has 0 aliphatic rings. The Hall–Kier alpha value is -0.570. The second-order valence-corrected chi connectivity index (χ2v) is 5.54. The van der Waals surface area contributed by atoms with E-state index >= 15 is 0 Å². The topological polar surface area (TPSA) is 63.3 Å². The molecule has 0 saturated heterocycles. The maximum absolute atomic E-state index is 10.8. The Bertz CT molecular complexity index is 200. The molecule has 0 aromatic rings. The lowest BCUT2D eigenvalue weighted by molar-refractivity contribution is -0.120. The van der Waals surface area contributed by atoms with Gasteiger partial charge >= 0.3 is 0 Å². The largest absolute Gasteiger partial charge is 0.393 e. The molecule has 15 heavy (non-hydrogen) atoms. The molecule has 2 unspecified atom stereocenters. The van der Waals surface area contributed by atoms with Gasteiger partial charge in [-0.3, -0.25) is 4.79 Å². The second-order valence-electron chi connectivity index (χ2n) is 5.54. The first-order valence-corrected chi connectivity index (χ1v) is 5.69. The third-order valence-electron chi connectivity index (χ3n) is 2.71. The third-order valence-corrected chi connectivity index (χ3v) is 2.71. The number of rotatable bonds is 7. The van der Waals surface area contributed by atoms with Gasteiger partial charge in [-0.2, -0.15) is 0 Å². The summed E-state index contributed by atoms with van der Waals surface area (Å²) in [5.74, 6) is 0.264. The molecule has 0 heterocycles. The van der Waals surface area contributed by atoms with Gasteiger partial charge in [-0.05, 0) is 31.1 Å². The number of amides is 1. The van der Waals surface area contributed by atoms with Gasteiger partial charge in [0, 0.05) is 6.42 Å². The number of primary amides is 1. The first kappa shape index (κ1) is 14.4. The highest BCUT2D eigenvalue weighted by atomic mass is 16.3. The Morgan fingerprint density at radius 3 is 2.33 bits per heavy atom. The molecule has 0 aliphatic carbocycles. The minimum absolute atomic E-state index is 0.0151. The fourth-order valence-electron chi connectivity index (χ4n) is 1.90. The van der Waals surface area contributed by atoms with Gasteiger partial charge in [0.15, 0.2) is 0 Å². The molecule has 1 amide bonds. The van der Waals surface area contributed by atoms with E-state index in [1.165, 1.54) is 0 Å². The van der Waals surface area contributed by atoms with Crippen molar-refractivity contribution in [3.05, 3.63) is 0 Å². The van der Waals surface area contributed by atoms with Crippen molar-refractivity contribution in [2.45, 2.75) is 59.5 Å². The van der Waals surface area contributed by atoms with Crippen LogP contribution >= 0.6 is 0 Å². The van der Waals surface area contributed by atoms with Gasteiger partial charge in [0.1, 0.15) is 0 Å². The molecule has 2 atom stereocenters. The molecule has 0 rings (SSSR count). The smallest absolute Gasteiger partial charge is 0.217 e. The van der Waals surface area contributed by atoms with E-state index in [-0.39, 0.29) is 17.4 Å². The third kappa shape index (κ3) is 8.43. The van der Waals surface area contributed by atoms with Gasteiger partial charge < -0.3 is 10.8 Å². The van der Waals surface area contributed by atoms with Gasteiger partial charge in [-0.25, -0.2) is 0 Å². The summed E-state index contributed by atoms with van der Waals surface area (Å²) in [4.78, 5) is 10.8. The molecule has 0 aromatic carbocycles. The number of aliphatic hydroxyl groups is 1. The van der Waals surface area contributed by atoms with Crippen LogP contribution in [0.25, 0.3) is 0 Å². The lowest BCUT2D eigenvalue weighted by Crippen LogP contribution is -2.23. The Balaban J connectivity index is 3.87. The van der Waals surface area contributed by atoms with E-state index in [4.69, 9.17) is 5.73 Å². The molecule has 0 fully saturated rings. The van der Waals surface area contributed by atoms with E-state index < -0.39 is 0 Å². The molecule has 90 valence electrons. The number of nitrogens with two attached hydrogens (primary N) is 1. The van der Waals surface area contributed by atoms with Crippen molar-refractivity contribution in [1.82, 2.24) is 0 Å². The molecule has 0 aromatic heterocycles. The van der Waals surface area contributed by atoms with Gasteiger partial charge in [-0.15, -0.1) is 0 Å². The highest BCUT2D eigenvalue weighted by Gasteiger charge is 2.21. The Morgan fingerprint density at radius 2 is 1.93 bits per heavy atom. The molecule has 0 saturated carbocycles. The Kier molecular flexibility index (Phi) is 5.88. The lowest BCUT2D eigenvalue weighted by Gasteiger charge is -2.25. The van der Waals surface area contributed by atoms with E-state index in [1.54, 1.807) is 0 Å². The van der Waals surface area contributed by atoms with Crippen molar-refractivity contribution in [3.63, 3.8) is 0 Å². The van der Waals surface area contributed by atoms with Crippen LogP contribution in [0.1, 0.15) is 53.4 Å². The molecule has 0 bridgehead atoms. The van der Waals surface area contributed by atoms with Gasteiger partial charge in [0.05, 0.1) is 6.10 Å². The van der Waals surface area contributed by atoms with Crippen LogP contribution < -0.4 is 5.73 Å². The summed E-state index contributed by atoms with van der Waals surface area (Å²) >= 11 is 0. The molecule has 0 aliphatic heterocycles. The average Bonchev–Trinajstić information content (AvgIpc) is 1.97. The van der Waals surface area contributed by atoms with Crippen molar-refractivity contribution in [3.8, 4) is 0 Å². The van der Waals surface area contributed by atoms with Crippen LogP contribution in [0.2, 0.25) is 0 Å². The zero-order chi connectivity index (χ0) is 12.1. The maximum atomic E-state index is 10.8. The normalized spacial score (nSPS) is 16.1. The molecule has 0 radical (unpaired) electrons. The van der Waals surface area contributed by atoms with E-state index in [0.29, 0.717) is 12.3 Å². The first-order chi connectivity index (χ1) is 6.73. The predicted octanol–water partition coefficient (Wildman–Crippen LogP) is 2.08.